The molecular formula is C61H48FN4OPt-3. The molecule has 0 unspecified atom stereocenters. The number of para-hydroxylation sites is 3. The summed E-state index contributed by atoms with van der Waals surface area (Å²) in [7, 11) is 0. The van der Waals surface area contributed by atoms with Crippen molar-refractivity contribution in [1.29, 1.82) is 0 Å². The molecule has 68 heavy (non-hydrogen) atoms. The average Bonchev–Trinajstić information content (AvgIpc) is 3.90. The molecule has 2 aromatic heterocycles. The maximum absolute atomic E-state index is 14.6. The van der Waals surface area contributed by atoms with Gasteiger partial charge in [-0.05, 0) is 123 Å². The number of aromatic nitrogens is 2. The van der Waals surface area contributed by atoms with Gasteiger partial charge in [-0.1, -0.05) is 130 Å². The Morgan fingerprint density at radius 1 is 0.559 bits per heavy atom. The van der Waals surface area contributed by atoms with Gasteiger partial charge in [-0.3, -0.25) is 0 Å². The second-order valence-electron chi connectivity index (χ2n) is 17.9. The van der Waals surface area contributed by atoms with Crippen LogP contribution in [0.25, 0.3) is 61.0 Å². The van der Waals surface area contributed by atoms with Gasteiger partial charge in [-0.25, -0.2) is 9.37 Å². The molecular weight excluding hydrogens is 1020 g/mol. The Morgan fingerprint density at radius 2 is 1.22 bits per heavy atom. The Morgan fingerprint density at radius 3 is 1.94 bits per heavy atom. The Kier molecular flexibility index (Phi) is 12.1. The minimum Gasteiger partial charge on any atom is -0.509 e. The van der Waals surface area contributed by atoms with Crippen molar-refractivity contribution in [2.24, 2.45) is 0 Å². The van der Waals surface area contributed by atoms with Crippen LogP contribution < -0.4 is 14.5 Å². The number of fused-ring (bicyclic) bond motifs is 4. The van der Waals surface area contributed by atoms with Crippen molar-refractivity contribution in [3.8, 4) is 50.7 Å². The third kappa shape index (κ3) is 8.17. The standard InChI is InChI=1S/C61H48FN4O.Pt/c1-39(2)54-34-44(43-18-15-19-46(62)31-43)35-55(40(3)4)61(54)65-38-64(57-24-13-14-25-58(57)65)47-32-45(51-21-10-9-20-50(51)42-16-7-6-8-17-42)33-49(36-47)67-48-26-27-53-52-22-11-12-23-56(52)66(59(53)37-48)60-30-41(5)28-29-63-60;/h6-35,38-40H,1-5H3;/q-3;. The van der Waals surface area contributed by atoms with Crippen molar-refractivity contribution in [2.75, 3.05) is 9.80 Å². The van der Waals surface area contributed by atoms with E-state index in [0.29, 0.717) is 11.5 Å². The second-order valence-corrected chi connectivity index (χ2v) is 17.9. The molecule has 338 valence electrons. The second kappa shape index (κ2) is 18.4. The van der Waals surface area contributed by atoms with Crippen LogP contribution in [0.15, 0.2) is 182 Å². The molecule has 0 saturated heterocycles. The predicted octanol–water partition coefficient (Wildman–Crippen LogP) is 16.7. The van der Waals surface area contributed by atoms with Crippen molar-refractivity contribution in [1.82, 2.24) is 9.55 Å². The Labute approximate surface area is 412 Å². The largest absolute Gasteiger partial charge is 0.509 e. The van der Waals surface area contributed by atoms with Gasteiger partial charge in [0.15, 0.2) is 0 Å². The Hall–Kier alpha value is -7.27. The molecule has 11 rings (SSSR count). The predicted molar refractivity (Wildman–Crippen MR) is 273 cm³/mol. The third-order valence-electron chi connectivity index (χ3n) is 12.8. The normalized spacial score (nSPS) is 12.3. The number of ether oxygens (including phenoxy) is 1. The van der Waals surface area contributed by atoms with Crippen LogP contribution in [-0.4, -0.2) is 9.55 Å². The zero-order chi connectivity index (χ0) is 45.8. The van der Waals surface area contributed by atoms with E-state index in [0.717, 1.165) is 89.3 Å². The maximum atomic E-state index is 14.6. The number of aryl methyl sites for hydroxylation is 1. The Bertz CT molecular complexity index is 3460. The van der Waals surface area contributed by atoms with Gasteiger partial charge < -0.3 is 19.1 Å². The van der Waals surface area contributed by atoms with Crippen LogP contribution >= 0.6 is 0 Å². The molecule has 0 amide bonds. The van der Waals surface area contributed by atoms with Gasteiger partial charge in [0.2, 0.25) is 0 Å². The fourth-order valence-electron chi connectivity index (χ4n) is 9.56. The topological polar surface area (TPSA) is 33.5 Å². The first-order valence-corrected chi connectivity index (χ1v) is 22.9. The van der Waals surface area contributed by atoms with E-state index < -0.39 is 0 Å². The van der Waals surface area contributed by atoms with Crippen molar-refractivity contribution < 1.29 is 30.2 Å². The molecule has 5 nitrogen and oxygen atoms in total. The number of pyridine rings is 1. The summed E-state index contributed by atoms with van der Waals surface area (Å²) in [5, 5.41) is 2.19. The third-order valence-corrected chi connectivity index (χ3v) is 12.8. The van der Waals surface area contributed by atoms with Crippen LogP contribution in [0.3, 0.4) is 0 Å². The first-order chi connectivity index (χ1) is 32.7. The van der Waals surface area contributed by atoms with Crippen molar-refractivity contribution in [2.45, 2.75) is 46.5 Å². The molecule has 0 radical (unpaired) electrons. The molecule has 1 aliphatic rings. The van der Waals surface area contributed by atoms with Crippen molar-refractivity contribution in [3.05, 3.63) is 223 Å². The fourth-order valence-corrected chi connectivity index (χ4v) is 9.56. The molecule has 7 heteroatoms. The number of rotatable bonds is 10. The van der Waals surface area contributed by atoms with Crippen LogP contribution in [-0.2, 0) is 21.1 Å². The van der Waals surface area contributed by atoms with E-state index in [1.807, 2.05) is 30.5 Å². The molecule has 8 aromatic carbocycles. The summed E-state index contributed by atoms with van der Waals surface area (Å²) in [5.74, 6) is 2.05. The molecule has 1 aliphatic heterocycles. The quantitative estimate of drug-likeness (QED) is 0.128. The number of anilines is 4. The average molecular weight is 1070 g/mol. The minimum absolute atomic E-state index is 0. The van der Waals surface area contributed by atoms with E-state index in [9.17, 15) is 4.39 Å². The summed E-state index contributed by atoms with van der Waals surface area (Å²) >= 11 is 0. The Balaban J connectivity index is 0.00000539. The summed E-state index contributed by atoms with van der Waals surface area (Å²) in [6.07, 6.45) is 1.85. The molecule has 0 N–H and O–H groups in total. The summed E-state index contributed by atoms with van der Waals surface area (Å²) in [6.45, 7) is 13.2. The van der Waals surface area contributed by atoms with E-state index in [2.05, 4.69) is 201 Å². The number of hydrogen-bond donors (Lipinski definition) is 0. The molecule has 3 heterocycles. The maximum Gasteiger partial charge on any atom is 0.135 e. The SMILES string of the molecule is Cc1ccnc(-n2c3[c-]c(Oc4[c-]c(N5[CH-]N(c6c(C(C)C)cc(-c7cccc(F)c7)cc6C(C)C)c6ccccc65)cc(-c5ccccc5-c5ccccc5)c4)ccc3c3ccccc32)c1.[Pt]. The van der Waals surface area contributed by atoms with E-state index >= 15 is 0 Å². The molecule has 0 bridgehead atoms. The van der Waals surface area contributed by atoms with Crippen molar-refractivity contribution >= 4 is 44.6 Å². The zero-order valence-electron chi connectivity index (χ0n) is 38.4. The van der Waals surface area contributed by atoms with Gasteiger partial charge in [0.05, 0.1) is 0 Å². The van der Waals surface area contributed by atoms with Crippen LogP contribution in [0, 0.1) is 31.5 Å². The van der Waals surface area contributed by atoms with Gasteiger partial charge in [-0.15, -0.1) is 53.6 Å². The minimum atomic E-state index is -0.245. The van der Waals surface area contributed by atoms with E-state index in [-0.39, 0.29) is 38.7 Å². The summed E-state index contributed by atoms with van der Waals surface area (Å²) in [6, 6.07) is 67.2. The summed E-state index contributed by atoms with van der Waals surface area (Å²) in [5.41, 5.74) is 15.6. The summed E-state index contributed by atoms with van der Waals surface area (Å²) in [4.78, 5) is 9.35. The van der Waals surface area contributed by atoms with Gasteiger partial charge in [0.1, 0.15) is 11.6 Å². The molecule has 0 aliphatic carbocycles. The van der Waals surface area contributed by atoms with Crippen LogP contribution in [0.5, 0.6) is 11.5 Å². The molecule has 0 spiro atoms. The number of benzene rings is 8. The molecule has 10 aromatic rings. The fraction of sp³-hybridized carbons (Fsp3) is 0.115. The molecule has 0 saturated carbocycles. The van der Waals surface area contributed by atoms with E-state index in [4.69, 9.17) is 9.72 Å². The molecule has 0 atom stereocenters. The molecule has 0 fully saturated rings. The number of nitrogens with zero attached hydrogens (tertiary/aromatic N) is 4. The van der Waals surface area contributed by atoms with Gasteiger partial charge >= 0.3 is 0 Å². The van der Waals surface area contributed by atoms with Crippen LogP contribution in [0.4, 0.5) is 27.1 Å². The smallest absolute Gasteiger partial charge is 0.135 e. The summed E-state index contributed by atoms with van der Waals surface area (Å²) < 4.78 is 23.7. The van der Waals surface area contributed by atoms with Crippen molar-refractivity contribution in [3.63, 3.8) is 0 Å². The van der Waals surface area contributed by atoms with Gasteiger partial charge in [0.25, 0.3) is 0 Å². The first-order valence-electron chi connectivity index (χ1n) is 22.9. The van der Waals surface area contributed by atoms with E-state index in [1.165, 1.54) is 17.2 Å². The van der Waals surface area contributed by atoms with Gasteiger partial charge in [-0.2, -0.15) is 6.07 Å². The van der Waals surface area contributed by atoms with E-state index in [1.54, 1.807) is 12.1 Å². The number of halogens is 1. The number of hydrogen-bond acceptors (Lipinski definition) is 4. The first kappa shape index (κ1) is 44.6. The van der Waals surface area contributed by atoms with Crippen LogP contribution in [0.1, 0.15) is 56.2 Å². The monoisotopic (exact) mass is 1070 g/mol. The van der Waals surface area contributed by atoms with Gasteiger partial charge in [0, 0.05) is 61.3 Å². The zero-order valence-corrected chi connectivity index (χ0v) is 40.7. The van der Waals surface area contributed by atoms with Crippen LogP contribution in [0.2, 0.25) is 0 Å².